The lowest BCUT2D eigenvalue weighted by molar-refractivity contribution is 0.0219. The van der Waals surface area contributed by atoms with Crippen LogP contribution in [0.25, 0.3) is 0 Å². The Labute approximate surface area is 97.4 Å². The van der Waals surface area contributed by atoms with Gasteiger partial charge in [0.25, 0.3) is 0 Å². The molecular weight excluding hydrogens is 202 g/mol. The summed E-state index contributed by atoms with van der Waals surface area (Å²) in [6.07, 6.45) is 0. The summed E-state index contributed by atoms with van der Waals surface area (Å²) in [6.45, 7) is 6.65. The van der Waals surface area contributed by atoms with Gasteiger partial charge >= 0.3 is 0 Å². The highest BCUT2D eigenvalue weighted by Gasteiger charge is 2.29. The van der Waals surface area contributed by atoms with E-state index < -0.39 is 5.60 Å². The van der Waals surface area contributed by atoms with Crippen molar-refractivity contribution in [3.63, 3.8) is 0 Å². The van der Waals surface area contributed by atoms with Crippen molar-refractivity contribution in [2.75, 3.05) is 13.7 Å². The van der Waals surface area contributed by atoms with Crippen LogP contribution in [0.3, 0.4) is 0 Å². The molecule has 0 radical (unpaired) electrons. The van der Waals surface area contributed by atoms with E-state index in [1.165, 1.54) is 0 Å². The van der Waals surface area contributed by atoms with Gasteiger partial charge in [-0.05, 0) is 38.1 Å². The van der Waals surface area contributed by atoms with Crippen LogP contribution in [0.1, 0.15) is 26.3 Å². The van der Waals surface area contributed by atoms with Gasteiger partial charge in [-0.1, -0.05) is 19.1 Å². The molecule has 0 amide bonds. The Morgan fingerprint density at radius 3 is 2.75 bits per heavy atom. The van der Waals surface area contributed by atoms with E-state index in [0.717, 1.165) is 17.9 Å². The molecule has 0 heterocycles. The van der Waals surface area contributed by atoms with Gasteiger partial charge in [0, 0.05) is 6.04 Å². The number of ether oxygens (including phenoxy) is 1. The Hall–Kier alpha value is -1.06. The van der Waals surface area contributed by atoms with E-state index in [0.29, 0.717) is 0 Å². The Balaban J connectivity index is 2.96. The fraction of sp³-hybridized carbons (Fsp3) is 0.538. The lowest BCUT2D eigenvalue weighted by Gasteiger charge is -2.31. The molecule has 0 aliphatic heterocycles. The van der Waals surface area contributed by atoms with Crippen molar-refractivity contribution in [1.82, 2.24) is 5.32 Å². The van der Waals surface area contributed by atoms with Crippen molar-refractivity contribution >= 4 is 0 Å². The second-order valence-electron chi connectivity index (χ2n) is 4.16. The third-order valence-electron chi connectivity index (χ3n) is 3.01. The molecule has 0 saturated heterocycles. The van der Waals surface area contributed by atoms with Gasteiger partial charge in [-0.25, -0.2) is 0 Å². The molecule has 0 bridgehead atoms. The van der Waals surface area contributed by atoms with Gasteiger partial charge in [0.05, 0.1) is 7.11 Å². The Bertz CT molecular complexity index is 336. The second-order valence-corrected chi connectivity index (χ2v) is 4.16. The highest BCUT2D eigenvalue weighted by Crippen LogP contribution is 2.27. The number of hydrogen-bond acceptors (Lipinski definition) is 3. The summed E-state index contributed by atoms with van der Waals surface area (Å²) < 4.78 is 5.16. The van der Waals surface area contributed by atoms with Gasteiger partial charge in [-0.3, -0.25) is 0 Å². The first kappa shape index (κ1) is 13.0. The molecule has 90 valence electrons. The van der Waals surface area contributed by atoms with Crippen LogP contribution in [0.2, 0.25) is 0 Å². The summed E-state index contributed by atoms with van der Waals surface area (Å²) in [4.78, 5) is 0. The molecule has 16 heavy (non-hydrogen) atoms. The summed E-state index contributed by atoms with van der Waals surface area (Å²) in [5, 5.41) is 13.7. The van der Waals surface area contributed by atoms with Crippen molar-refractivity contribution in [3.8, 4) is 5.75 Å². The minimum absolute atomic E-state index is 0.00962. The molecule has 1 aromatic carbocycles. The average molecular weight is 223 g/mol. The number of aliphatic hydroxyl groups is 1. The lowest BCUT2D eigenvalue weighted by atomic mass is 9.89. The Morgan fingerprint density at radius 2 is 2.19 bits per heavy atom. The van der Waals surface area contributed by atoms with Crippen LogP contribution >= 0.6 is 0 Å². The molecule has 0 aliphatic rings. The highest BCUT2D eigenvalue weighted by molar-refractivity contribution is 5.32. The van der Waals surface area contributed by atoms with E-state index in [4.69, 9.17) is 4.74 Å². The van der Waals surface area contributed by atoms with Crippen molar-refractivity contribution in [2.24, 2.45) is 0 Å². The molecule has 3 nitrogen and oxygen atoms in total. The normalized spacial score (nSPS) is 16.6. The summed E-state index contributed by atoms with van der Waals surface area (Å²) >= 11 is 0. The van der Waals surface area contributed by atoms with E-state index in [-0.39, 0.29) is 6.04 Å². The summed E-state index contributed by atoms with van der Waals surface area (Å²) in [6, 6.07) is 7.54. The number of hydrogen-bond donors (Lipinski definition) is 2. The number of methoxy groups -OCH3 is 1. The standard InChI is InChI=1S/C13H21NO2/c1-5-14-10(2)13(3,15)11-7-6-8-12(9-11)16-4/h6-10,14-15H,5H2,1-4H3. The predicted octanol–water partition coefficient (Wildman–Crippen LogP) is 1.90. The highest BCUT2D eigenvalue weighted by atomic mass is 16.5. The maximum absolute atomic E-state index is 10.5. The first-order valence-corrected chi connectivity index (χ1v) is 5.62. The zero-order chi connectivity index (χ0) is 12.2. The molecule has 0 saturated carbocycles. The van der Waals surface area contributed by atoms with Gasteiger partial charge in [-0.2, -0.15) is 0 Å². The van der Waals surface area contributed by atoms with Crippen LogP contribution in [0.15, 0.2) is 24.3 Å². The average Bonchev–Trinajstić information content (AvgIpc) is 2.29. The summed E-state index contributed by atoms with van der Waals surface area (Å²) in [5.41, 5.74) is -0.0369. The SMILES string of the molecule is CCNC(C)C(C)(O)c1cccc(OC)c1. The Morgan fingerprint density at radius 1 is 1.50 bits per heavy atom. The topological polar surface area (TPSA) is 41.5 Å². The smallest absolute Gasteiger partial charge is 0.119 e. The number of benzene rings is 1. The first-order valence-electron chi connectivity index (χ1n) is 5.62. The predicted molar refractivity (Wildman–Crippen MR) is 65.7 cm³/mol. The van der Waals surface area contributed by atoms with Crippen LogP contribution in [-0.2, 0) is 5.60 Å². The number of nitrogens with one attached hydrogen (secondary N) is 1. The molecule has 2 atom stereocenters. The monoisotopic (exact) mass is 223 g/mol. The maximum Gasteiger partial charge on any atom is 0.119 e. The van der Waals surface area contributed by atoms with E-state index in [2.05, 4.69) is 5.32 Å². The molecule has 0 spiro atoms. The van der Waals surface area contributed by atoms with E-state index >= 15 is 0 Å². The fourth-order valence-electron chi connectivity index (χ4n) is 1.69. The molecule has 0 aromatic heterocycles. The summed E-state index contributed by atoms with van der Waals surface area (Å²) in [7, 11) is 1.63. The molecule has 2 N–H and O–H groups in total. The second kappa shape index (κ2) is 5.32. The largest absolute Gasteiger partial charge is 0.497 e. The minimum atomic E-state index is -0.898. The lowest BCUT2D eigenvalue weighted by Crippen LogP contribution is -2.44. The van der Waals surface area contributed by atoms with Crippen molar-refractivity contribution < 1.29 is 9.84 Å². The fourth-order valence-corrected chi connectivity index (χ4v) is 1.69. The molecule has 1 aromatic rings. The minimum Gasteiger partial charge on any atom is -0.497 e. The molecule has 2 unspecified atom stereocenters. The van der Waals surface area contributed by atoms with Gasteiger partial charge in [0.2, 0.25) is 0 Å². The van der Waals surface area contributed by atoms with Crippen LogP contribution in [-0.4, -0.2) is 24.8 Å². The van der Waals surface area contributed by atoms with Gasteiger partial charge in [0.1, 0.15) is 11.4 Å². The number of likely N-dealkylation sites (N-methyl/N-ethyl adjacent to an activating group) is 1. The van der Waals surface area contributed by atoms with Crippen molar-refractivity contribution in [1.29, 1.82) is 0 Å². The van der Waals surface area contributed by atoms with Crippen molar-refractivity contribution in [3.05, 3.63) is 29.8 Å². The molecule has 1 rings (SSSR count). The number of rotatable bonds is 5. The Kier molecular flexibility index (Phi) is 4.33. The molecular formula is C13H21NO2. The first-order chi connectivity index (χ1) is 7.52. The van der Waals surface area contributed by atoms with Crippen LogP contribution in [0, 0.1) is 0 Å². The van der Waals surface area contributed by atoms with Crippen molar-refractivity contribution in [2.45, 2.75) is 32.4 Å². The molecule has 0 aliphatic carbocycles. The zero-order valence-electron chi connectivity index (χ0n) is 10.4. The van der Waals surface area contributed by atoms with Crippen LogP contribution in [0.4, 0.5) is 0 Å². The third kappa shape index (κ3) is 2.74. The third-order valence-corrected chi connectivity index (χ3v) is 3.01. The van der Waals surface area contributed by atoms with Gasteiger partial charge < -0.3 is 15.2 Å². The quantitative estimate of drug-likeness (QED) is 0.801. The zero-order valence-corrected chi connectivity index (χ0v) is 10.4. The van der Waals surface area contributed by atoms with E-state index in [9.17, 15) is 5.11 Å². The summed E-state index contributed by atoms with van der Waals surface area (Å²) in [5.74, 6) is 0.765. The van der Waals surface area contributed by atoms with E-state index in [1.807, 2.05) is 45.0 Å². The van der Waals surface area contributed by atoms with Crippen LogP contribution < -0.4 is 10.1 Å². The van der Waals surface area contributed by atoms with Gasteiger partial charge in [-0.15, -0.1) is 0 Å². The van der Waals surface area contributed by atoms with Crippen LogP contribution in [0.5, 0.6) is 5.75 Å². The molecule has 0 fully saturated rings. The van der Waals surface area contributed by atoms with E-state index in [1.54, 1.807) is 7.11 Å². The molecule has 3 heteroatoms. The van der Waals surface area contributed by atoms with Gasteiger partial charge in [0.15, 0.2) is 0 Å². The maximum atomic E-state index is 10.5.